The average Bonchev–Trinajstić information content (AvgIpc) is 2.69. The van der Waals surface area contributed by atoms with Crippen LogP contribution in [0.4, 0.5) is 0 Å². The van der Waals surface area contributed by atoms with E-state index in [1.165, 1.54) is 0 Å². The van der Waals surface area contributed by atoms with Crippen LogP contribution in [0.1, 0.15) is 37.9 Å². The second-order valence-electron chi connectivity index (χ2n) is 6.42. The molecule has 1 N–H and O–H groups in total. The third kappa shape index (κ3) is 6.29. The van der Waals surface area contributed by atoms with E-state index in [1.807, 2.05) is 62.4 Å². The quantitative estimate of drug-likeness (QED) is 0.691. The first kappa shape index (κ1) is 20.8. The van der Waals surface area contributed by atoms with E-state index >= 15 is 0 Å². The maximum atomic E-state index is 12.5. The lowest BCUT2D eigenvalue weighted by molar-refractivity contribution is -0.123. The van der Waals surface area contributed by atoms with Gasteiger partial charge in [0, 0.05) is 6.54 Å². The summed E-state index contributed by atoms with van der Waals surface area (Å²) in [5.41, 5.74) is 2.19. The van der Waals surface area contributed by atoms with Crippen LogP contribution in [0.3, 0.4) is 0 Å². The number of rotatable bonds is 10. The van der Waals surface area contributed by atoms with Gasteiger partial charge in [0.1, 0.15) is 0 Å². The molecular formula is C22H30N2O3. The normalized spacial score (nSPS) is 11.9. The highest BCUT2D eigenvalue weighted by atomic mass is 16.5. The Hall–Kier alpha value is -2.53. The third-order valence-corrected chi connectivity index (χ3v) is 4.43. The number of hydrogen-bond donors (Lipinski definition) is 1. The Morgan fingerprint density at radius 1 is 1.11 bits per heavy atom. The van der Waals surface area contributed by atoms with E-state index in [0.717, 1.165) is 23.4 Å². The number of carbonyl (C=O) groups is 1. The summed E-state index contributed by atoms with van der Waals surface area (Å²) in [7, 11) is 1.64. The monoisotopic (exact) mass is 370 g/mol. The molecule has 0 aromatic heterocycles. The van der Waals surface area contributed by atoms with E-state index in [1.54, 1.807) is 7.11 Å². The van der Waals surface area contributed by atoms with E-state index in [2.05, 4.69) is 17.1 Å². The second kappa shape index (κ2) is 10.6. The minimum atomic E-state index is -0.0111. The van der Waals surface area contributed by atoms with Crippen LogP contribution in [0.25, 0.3) is 0 Å². The van der Waals surface area contributed by atoms with Crippen LogP contribution in [0.2, 0.25) is 0 Å². The van der Waals surface area contributed by atoms with Crippen LogP contribution in [-0.4, -0.2) is 37.6 Å². The smallest absolute Gasteiger partial charge is 0.234 e. The van der Waals surface area contributed by atoms with Gasteiger partial charge in [0.25, 0.3) is 0 Å². The fourth-order valence-electron chi connectivity index (χ4n) is 2.94. The summed E-state index contributed by atoms with van der Waals surface area (Å²) in [6.45, 7) is 8.40. The Morgan fingerprint density at radius 2 is 1.85 bits per heavy atom. The fourth-order valence-corrected chi connectivity index (χ4v) is 2.94. The molecule has 0 saturated heterocycles. The molecule has 0 spiro atoms. The van der Waals surface area contributed by atoms with Crippen molar-refractivity contribution in [3.63, 3.8) is 0 Å². The molecule has 1 amide bonds. The van der Waals surface area contributed by atoms with Crippen LogP contribution >= 0.6 is 0 Å². The largest absolute Gasteiger partial charge is 0.493 e. The van der Waals surface area contributed by atoms with Crippen molar-refractivity contribution in [1.82, 2.24) is 10.2 Å². The first-order chi connectivity index (χ1) is 13.1. The van der Waals surface area contributed by atoms with Gasteiger partial charge in [-0.3, -0.25) is 9.69 Å². The summed E-state index contributed by atoms with van der Waals surface area (Å²) in [5, 5.41) is 3.07. The number of methoxy groups -OCH3 is 1. The van der Waals surface area contributed by atoms with Crippen molar-refractivity contribution in [3.8, 4) is 11.5 Å². The molecule has 1 atom stereocenters. The number of amides is 1. The number of likely N-dealkylation sites (N-methyl/N-ethyl adjacent to an activating group) is 1. The Morgan fingerprint density at radius 3 is 2.48 bits per heavy atom. The van der Waals surface area contributed by atoms with Gasteiger partial charge in [-0.2, -0.15) is 0 Å². The van der Waals surface area contributed by atoms with Gasteiger partial charge >= 0.3 is 0 Å². The summed E-state index contributed by atoms with van der Waals surface area (Å²) in [6, 6.07) is 15.9. The van der Waals surface area contributed by atoms with Crippen molar-refractivity contribution in [3.05, 3.63) is 59.7 Å². The summed E-state index contributed by atoms with van der Waals surface area (Å²) in [4.78, 5) is 14.6. The van der Waals surface area contributed by atoms with Crippen LogP contribution in [0.5, 0.6) is 11.5 Å². The Kier molecular flexibility index (Phi) is 8.14. The zero-order valence-corrected chi connectivity index (χ0v) is 16.7. The van der Waals surface area contributed by atoms with E-state index in [-0.39, 0.29) is 11.9 Å². The Balaban J connectivity index is 1.95. The molecule has 27 heavy (non-hydrogen) atoms. The van der Waals surface area contributed by atoms with Crippen LogP contribution < -0.4 is 14.8 Å². The Labute approximate surface area is 162 Å². The van der Waals surface area contributed by atoms with Gasteiger partial charge in [0.2, 0.25) is 5.91 Å². The van der Waals surface area contributed by atoms with Crippen molar-refractivity contribution in [2.24, 2.45) is 0 Å². The molecule has 0 heterocycles. The predicted octanol–water partition coefficient (Wildman–Crippen LogP) is 3.79. The number of carbonyl (C=O) groups excluding carboxylic acids is 1. The lowest BCUT2D eigenvalue weighted by Gasteiger charge is -2.22. The molecule has 0 saturated carbocycles. The minimum absolute atomic E-state index is 0.0111. The second-order valence-corrected chi connectivity index (χ2v) is 6.42. The molecule has 0 aliphatic carbocycles. The minimum Gasteiger partial charge on any atom is -0.493 e. The summed E-state index contributed by atoms with van der Waals surface area (Å²) >= 11 is 0. The average molecular weight is 370 g/mol. The van der Waals surface area contributed by atoms with Gasteiger partial charge in [-0.05, 0) is 43.7 Å². The van der Waals surface area contributed by atoms with Crippen molar-refractivity contribution < 1.29 is 14.3 Å². The van der Waals surface area contributed by atoms with Gasteiger partial charge in [0.15, 0.2) is 11.5 Å². The van der Waals surface area contributed by atoms with Crippen molar-refractivity contribution in [2.75, 3.05) is 26.8 Å². The number of nitrogens with zero attached hydrogens (tertiary/aromatic N) is 1. The maximum absolute atomic E-state index is 12.5. The van der Waals surface area contributed by atoms with E-state index in [9.17, 15) is 4.79 Å². The summed E-state index contributed by atoms with van der Waals surface area (Å²) < 4.78 is 11.0. The molecule has 146 valence electrons. The van der Waals surface area contributed by atoms with Gasteiger partial charge in [-0.15, -0.1) is 0 Å². The number of ether oxygens (including phenoxy) is 2. The third-order valence-electron chi connectivity index (χ3n) is 4.43. The summed E-state index contributed by atoms with van der Waals surface area (Å²) in [6.07, 6.45) is 0. The van der Waals surface area contributed by atoms with Crippen molar-refractivity contribution in [2.45, 2.75) is 33.4 Å². The molecule has 2 aromatic rings. The molecular weight excluding hydrogens is 340 g/mol. The van der Waals surface area contributed by atoms with Gasteiger partial charge in [-0.25, -0.2) is 0 Å². The number of nitrogens with one attached hydrogen (secondary N) is 1. The molecule has 1 unspecified atom stereocenters. The highest BCUT2D eigenvalue weighted by molar-refractivity contribution is 5.78. The van der Waals surface area contributed by atoms with Crippen LogP contribution in [0.15, 0.2) is 48.5 Å². The number of benzene rings is 2. The van der Waals surface area contributed by atoms with E-state index in [0.29, 0.717) is 25.4 Å². The molecule has 2 rings (SSSR count). The molecule has 2 aromatic carbocycles. The first-order valence-electron chi connectivity index (χ1n) is 9.43. The molecule has 5 heteroatoms. The molecule has 0 aliphatic rings. The fraction of sp³-hybridized carbons (Fsp3) is 0.409. The zero-order chi connectivity index (χ0) is 19.6. The van der Waals surface area contributed by atoms with Gasteiger partial charge in [0.05, 0.1) is 26.3 Å². The van der Waals surface area contributed by atoms with Crippen molar-refractivity contribution in [1.29, 1.82) is 0 Å². The predicted molar refractivity (Wildman–Crippen MR) is 108 cm³/mol. The SMILES string of the molecule is CCOc1ccc(CN(CC)CC(=O)NC(C)c2ccccc2)cc1OC. The Bertz CT molecular complexity index is 719. The first-order valence-corrected chi connectivity index (χ1v) is 9.43. The van der Waals surface area contributed by atoms with E-state index in [4.69, 9.17) is 9.47 Å². The lowest BCUT2D eigenvalue weighted by atomic mass is 10.1. The zero-order valence-electron chi connectivity index (χ0n) is 16.7. The molecule has 5 nitrogen and oxygen atoms in total. The van der Waals surface area contributed by atoms with Crippen molar-refractivity contribution >= 4 is 5.91 Å². The van der Waals surface area contributed by atoms with Crippen LogP contribution in [0, 0.1) is 0 Å². The molecule has 0 bridgehead atoms. The standard InChI is InChI=1S/C22H30N2O3/c1-5-24(15-18-12-13-20(27-6-2)21(14-18)26-4)16-22(25)23-17(3)19-10-8-7-9-11-19/h7-14,17H,5-6,15-16H2,1-4H3,(H,23,25). The highest BCUT2D eigenvalue weighted by Crippen LogP contribution is 2.28. The molecule has 0 fully saturated rings. The van der Waals surface area contributed by atoms with Gasteiger partial charge < -0.3 is 14.8 Å². The lowest BCUT2D eigenvalue weighted by Crippen LogP contribution is -2.38. The van der Waals surface area contributed by atoms with E-state index < -0.39 is 0 Å². The summed E-state index contributed by atoms with van der Waals surface area (Å²) in [5.74, 6) is 1.47. The van der Waals surface area contributed by atoms with Crippen LogP contribution in [-0.2, 0) is 11.3 Å². The molecule has 0 aliphatic heterocycles. The molecule has 0 radical (unpaired) electrons. The maximum Gasteiger partial charge on any atom is 0.234 e. The topological polar surface area (TPSA) is 50.8 Å². The number of hydrogen-bond acceptors (Lipinski definition) is 4. The highest BCUT2D eigenvalue weighted by Gasteiger charge is 2.14. The van der Waals surface area contributed by atoms with Gasteiger partial charge in [-0.1, -0.05) is 43.3 Å².